The predicted molar refractivity (Wildman–Crippen MR) is 122 cm³/mol. The number of hydrogen-bond donors (Lipinski definition) is 1. The second kappa shape index (κ2) is 10.6. The Morgan fingerprint density at radius 1 is 1.16 bits per heavy atom. The molecule has 32 heavy (non-hydrogen) atoms. The molecule has 0 bridgehead atoms. The number of hydrogen-bond acceptors (Lipinski definition) is 6. The number of amides is 1. The van der Waals surface area contributed by atoms with Crippen LogP contribution in [0.25, 0.3) is 11.3 Å². The van der Waals surface area contributed by atoms with Crippen LogP contribution in [0.1, 0.15) is 29.0 Å². The number of aromatic nitrogens is 1. The maximum Gasteiger partial charge on any atom is 0.273 e. The normalized spacial score (nSPS) is 15.3. The lowest BCUT2D eigenvalue weighted by atomic mass is 10.0. The second-order valence-corrected chi connectivity index (χ2v) is 7.90. The third-order valence-electron chi connectivity index (χ3n) is 5.39. The molecule has 1 atom stereocenters. The summed E-state index contributed by atoms with van der Waals surface area (Å²) in [5.74, 6) is 1.03. The van der Waals surface area contributed by atoms with Gasteiger partial charge in [0.05, 0.1) is 25.9 Å². The Bertz CT molecular complexity index is 1010. The smallest absolute Gasteiger partial charge is 0.273 e. The third-order valence-corrected chi connectivity index (χ3v) is 5.64. The number of rotatable bonds is 8. The average Bonchev–Trinajstić information content (AvgIpc) is 3.32. The molecule has 0 spiro atoms. The minimum atomic E-state index is -0.279. The first kappa shape index (κ1) is 22.3. The Balaban J connectivity index is 1.43. The largest absolute Gasteiger partial charge is 0.494 e. The molecule has 1 amide bonds. The van der Waals surface area contributed by atoms with Crippen molar-refractivity contribution in [2.75, 3.05) is 39.5 Å². The Kier molecular flexibility index (Phi) is 7.42. The average molecular weight is 456 g/mol. The van der Waals surface area contributed by atoms with Crippen LogP contribution in [-0.2, 0) is 4.74 Å². The summed E-state index contributed by atoms with van der Waals surface area (Å²) < 4.78 is 16.3. The molecule has 7 nitrogen and oxygen atoms in total. The van der Waals surface area contributed by atoms with Gasteiger partial charge in [-0.1, -0.05) is 28.9 Å². The van der Waals surface area contributed by atoms with E-state index in [2.05, 4.69) is 15.4 Å². The van der Waals surface area contributed by atoms with Gasteiger partial charge >= 0.3 is 0 Å². The molecule has 1 saturated heterocycles. The van der Waals surface area contributed by atoms with Crippen LogP contribution in [-0.4, -0.2) is 55.4 Å². The molecule has 3 aromatic rings. The van der Waals surface area contributed by atoms with Crippen LogP contribution in [0.4, 0.5) is 0 Å². The van der Waals surface area contributed by atoms with Crippen LogP contribution >= 0.6 is 11.6 Å². The van der Waals surface area contributed by atoms with Gasteiger partial charge < -0.3 is 19.3 Å². The van der Waals surface area contributed by atoms with E-state index in [0.29, 0.717) is 37.1 Å². The van der Waals surface area contributed by atoms with Gasteiger partial charge in [0.2, 0.25) is 0 Å². The monoisotopic (exact) mass is 455 g/mol. The second-order valence-electron chi connectivity index (χ2n) is 7.46. The van der Waals surface area contributed by atoms with E-state index < -0.39 is 0 Å². The number of nitrogens with one attached hydrogen (secondary N) is 1. The molecule has 0 radical (unpaired) electrons. The van der Waals surface area contributed by atoms with E-state index in [1.807, 2.05) is 55.5 Å². The topological polar surface area (TPSA) is 76.8 Å². The number of halogens is 1. The van der Waals surface area contributed by atoms with E-state index in [9.17, 15) is 4.79 Å². The van der Waals surface area contributed by atoms with Gasteiger partial charge in [-0.25, -0.2) is 0 Å². The quantitative estimate of drug-likeness (QED) is 0.548. The zero-order valence-corrected chi connectivity index (χ0v) is 18.7. The Morgan fingerprint density at radius 2 is 1.88 bits per heavy atom. The van der Waals surface area contributed by atoms with Gasteiger partial charge in [-0.15, -0.1) is 0 Å². The number of benzene rings is 2. The highest BCUT2D eigenvalue weighted by Gasteiger charge is 2.24. The lowest BCUT2D eigenvalue weighted by Gasteiger charge is -2.34. The summed E-state index contributed by atoms with van der Waals surface area (Å²) in [6.07, 6.45) is 0. The molecule has 1 fully saturated rings. The summed E-state index contributed by atoms with van der Waals surface area (Å²) in [4.78, 5) is 15.1. The van der Waals surface area contributed by atoms with Crippen molar-refractivity contribution in [3.05, 3.63) is 70.9 Å². The third kappa shape index (κ3) is 5.48. The fourth-order valence-electron chi connectivity index (χ4n) is 3.71. The molecule has 4 rings (SSSR count). The van der Waals surface area contributed by atoms with Gasteiger partial charge in [0.1, 0.15) is 5.75 Å². The van der Waals surface area contributed by atoms with Crippen molar-refractivity contribution in [3.8, 4) is 17.1 Å². The van der Waals surface area contributed by atoms with Crippen molar-refractivity contribution in [3.63, 3.8) is 0 Å². The maximum absolute atomic E-state index is 12.8. The standard InChI is InChI=1S/C24H26ClN3O4/c1-2-31-20-9-5-18(6-10-20)23-15-21(27-32-23)24(29)26-16-22(28-11-13-30-14-12-28)17-3-7-19(25)8-4-17/h3-10,15,22H,2,11-14,16H2,1H3,(H,26,29). The highest BCUT2D eigenvalue weighted by molar-refractivity contribution is 6.30. The minimum absolute atomic E-state index is 0.0117. The van der Waals surface area contributed by atoms with Crippen molar-refractivity contribution < 1.29 is 18.8 Å². The van der Waals surface area contributed by atoms with E-state index in [4.69, 9.17) is 25.6 Å². The highest BCUT2D eigenvalue weighted by Crippen LogP contribution is 2.25. The number of nitrogens with zero attached hydrogens (tertiary/aromatic N) is 2. The van der Waals surface area contributed by atoms with Crippen LogP contribution in [0, 0.1) is 0 Å². The van der Waals surface area contributed by atoms with Crippen molar-refractivity contribution in [2.24, 2.45) is 0 Å². The molecule has 0 saturated carbocycles. The summed E-state index contributed by atoms with van der Waals surface area (Å²) in [6.45, 7) is 5.93. The molecule has 1 N–H and O–H groups in total. The van der Waals surface area contributed by atoms with Crippen LogP contribution in [0.3, 0.4) is 0 Å². The van der Waals surface area contributed by atoms with E-state index in [1.165, 1.54) is 0 Å². The Hall–Kier alpha value is -2.87. The molecular formula is C24H26ClN3O4. The molecule has 1 unspecified atom stereocenters. The van der Waals surface area contributed by atoms with Gasteiger partial charge in [-0.3, -0.25) is 9.69 Å². The fourth-order valence-corrected chi connectivity index (χ4v) is 3.84. The van der Waals surface area contributed by atoms with Crippen LogP contribution in [0.2, 0.25) is 5.02 Å². The van der Waals surface area contributed by atoms with Gasteiger partial charge in [0.25, 0.3) is 5.91 Å². The summed E-state index contributed by atoms with van der Waals surface area (Å²) >= 11 is 6.06. The summed E-state index contributed by atoms with van der Waals surface area (Å²) in [5, 5.41) is 7.64. The number of ether oxygens (including phenoxy) is 2. The zero-order chi connectivity index (χ0) is 22.3. The number of carbonyl (C=O) groups excluding carboxylic acids is 1. The van der Waals surface area contributed by atoms with E-state index in [-0.39, 0.29) is 17.6 Å². The van der Waals surface area contributed by atoms with Crippen LogP contribution in [0.15, 0.2) is 59.1 Å². The zero-order valence-electron chi connectivity index (χ0n) is 17.9. The fraction of sp³-hybridized carbons (Fsp3) is 0.333. The van der Waals surface area contributed by atoms with E-state index in [0.717, 1.165) is 30.0 Å². The predicted octanol–water partition coefficient (Wildman–Crippen LogP) is 4.20. The van der Waals surface area contributed by atoms with Crippen LogP contribution < -0.4 is 10.1 Å². The molecule has 2 heterocycles. The van der Waals surface area contributed by atoms with Gasteiger partial charge in [-0.05, 0) is 48.9 Å². The van der Waals surface area contributed by atoms with E-state index >= 15 is 0 Å². The van der Waals surface area contributed by atoms with Gasteiger partial charge in [0, 0.05) is 36.3 Å². The van der Waals surface area contributed by atoms with Crippen molar-refractivity contribution in [1.82, 2.24) is 15.4 Å². The van der Waals surface area contributed by atoms with Gasteiger partial charge in [-0.2, -0.15) is 0 Å². The Morgan fingerprint density at radius 3 is 2.56 bits per heavy atom. The van der Waals surface area contributed by atoms with E-state index in [1.54, 1.807) is 6.07 Å². The maximum atomic E-state index is 12.8. The van der Waals surface area contributed by atoms with Crippen molar-refractivity contribution >= 4 is 17.5 Å². The Labute approximate surface area is 192 Å². The summed E-state index contributed by atoms with van der Waals surface area (Å²) in [7, 11) is 0. The van der Waals surface area contributed by atoms with Crippen molar-refractivity contribution in [1.29, 1.82) is 0 Å². The molecule has 1 aromatic heterocycles. The molecule has 168 valence electrons. The van der Waals surface area contributed by atoms with Crippen LogP contribution in [0.5, 0.6) is 5.75 Å². The first-order valence-electron chi connectivity index (χ1n) is 10.7. The molecule has 2 aromatic carbocycles. The molecular weight excluding hydrogens is 430 g/mol. The first-order chi connectivity index (χ1) is 15.6. The molecule has 1 aliphatic rings. The SMILES string of the molecule is CCOc1ccc(-c2cc(C(=O)NCC(c3ccc(Cl)cc3)N3CCOCC3)no2)cc1. The number of carbonyl (C=O) groups is 1. The lowest BCUT2D eigenvalue weighted by molar-refractivity contribution is 0.0162. The highest BCUT2D eigenvalue weighted by atomic mass is 35.5. The molecule has 0 aliphatic carbocycles. The lowest BCUT2D eigenvalue weighted by Crippen LogP contribution is -2.43. The molecule has 8 heteroatoms. The number of morpholine rings is 1. The summed E-state index contributed by atoms with van der Waals surface area (Å²) in [5.41, 5.74) is 2.16. The minimum Gasteiger partial charge on any atom is -0.494 e. The van der Waals surface area contributed by atoms with Gasteiger partial charge in [0.15, 0.2) is 11.5 Å². The first-order valence-corrected chi connectivity index (χ1v) is 11.1. The molecule has 1 aliphatic heterocycles. The summed E-state index contributed by atoms with van der Waals surface area (Å²) in [6, 6.07) is 16.9. The van der Waals surface area contributed by atoms with Crippen molar-refractivity contribution in [2.45, 2.75) is 13.0 Å².